The first-order chi connectivity index (χ1) is 12.1. The summed E-state index contributed by atoms with van der Waals surface area (Å²) in [5, 5.41) is 4.15. The lowest BCUT2D eigenvalue weighted by molar-refractivity contribution is 0.0975. The molecule has 0 saturated carbocycles. The molecule has 0 spiro atoms. The summed E-state index contributed by atoms with van der Waals surface area (Å²) >= 11 is 6.14. The van der Waals surface area contributed by atoms with Crippen LogP contribution in [0.2, 0.25) is 0 Å². The van der Waals surface area contributed by atoms with Gasteiger partial charge in [-0.2, -0.15) is 0 Å². The maximum atomic E-state index is 12.6. The topological polar surface area (TPSA) is 62.0 Å². The molecule has 0 aliphatic heterocycles. The highest BCUT2D eigenvalue weighted by molar-refractivity contribution is 6.49. The molecule has 1 aliphatic rings. The van der Waals surface area contributed by atoms with Gasteiger partial charge in [-0.05, 0) is 17.5 Å². The van der Waals surface area contributed by atoms with Gasteiger partial charge in [0, 0.05) is 35.3 Å². The molecule has 0 unspecified atom stereocenters. The number of allylic oxidation sites excluding steroid dienone is 2. The van der Waals surface area contributed by atoms with Gasteiger partial charge >= 0.3 is 0 Å². The van der Waals surface area contributed by atoms with Gasteiger partial charge in [-0.15, -0.1) is 0 Å². The molecule has 3 aromatic rings. The van der Waals surface area contributed by atoms with Crippen molar-refractivity contribution in [2.45, 2.75) is 6.42 Å². The molecule has 4 nitrogen and oxygen atoms in total. The van der Waals surface area contributed by atoms with Crippen molar-refractivity contribution < 1.29 is 9.59 Å². The summed E-state index contributed by atoms with van der Waals surface area (Å²) in [6, 6.07) is 16.9. The number of halogens is 1. The Morgan fingerprint density at radius 1 is 0.920 bits per heavy atom. The lowest BCUT2D eigenvalue weighted by atomic mass is 9.92. The predicted molar refractivity (Wildman–Crippen MR) is 98.0 cm³/mol. The van der Waals surface area contributed by atoms with Crippen molar-refractivity contribution in [2.24, 2.45) is 0 Å². The third-order valence-corrected chi connectivity index (χ3v) is 4.70. The van der Waals surface area contributed by atoms with E-state index < -0.39 is 0 Å². The van der Waals surface area contributed by atoms with Gasteiger partial charge in [0.05, 0.1) is 0 Å². The van der Waals surface area contributed by atoms with Crippen LogP contribution in [-0.4, -0.2) is 23.1 Å². The van der Waals surface area contributed by atoms with Gasteiger partial charge in [0.15, 0.2) is 0 Å². The Morgan fingerprint density at radius 3 is 2.36 bits per heavy atom. The largest absolute Gasteiger partial charge is 0.380 e. The summed E-state index contributed by atoms with van der Waals surface area (Å²) in [5.74, 6) is -0.554. The average molecular weight is 351 g/mol. The van der Waals surface area contributed by atoms with E-state index in [2.05, 4.69) is 16.4 Å². The van der Waals surface area contributed by atoms with E-state index in [1.807, 2.05) is 24.3 Å². The first-order valence-electron chi connectivity index (χ1n) is 8.04. The normalized spacial score (nSPS) is 14.1. The molecular formula is C20H15ClN2O2. The Balaban J connectivity index is 1.51. The van der Waals surface area contributed by atoms with Crippen LogP contribution < -0.4 is 5.32 Å². The zero-order valence-corrected chi connectivity index (χ0v) is 14.1. The van der Waals surface area contributed by atoms with Crippen molar-refractivity contribution >= 4 is 34.1 Å². The number of ketones is 2. The average Bonchev–Trinajstić information content (AvgIpc) is 3.05. The van der Waals surface area contributed by atoms with Gasteiger partial charge in [-0.1, -0.05) is 54.1 Å². The predicted octanol–water partition coefficient (Wildman–Crippen LogP) is 3.83. The zero-order valence-electron chi connectivity index (χ0n) is 13.3. The number of fused-ring (bicyclic) bond motifs is 2. The number of hydrogen-bond donors (Lipinski definition) is 2. The SMILES string of the molecule is O=C1C(Cl)=C(NCCc2cc3ccccc3[nH]2)C(=O)c2ccccc21. The quantitative estimate of drug-likeness (QED) is 0.751. The van der Waals surface area contributed by atoms with Crippen LogP contribution in [0.15, 0.2) is 65.3 Å². The number of aromatic nitrogens is 1. The van der Waals surface area contributed by atoms with E-state index >= 15 is 0 Å². The standard InChI is InChI=1S/C20H15ClN2O2/c21-17-18(20(25)15-7-3-2-6-14(15)19(17)24)22-10-9-13-11-12-5-1-4-8-16(12)23-13/h1-8,11,22-23H,9-10H2. The second-order valence-electron chi connectivity index (χ2n) is 5.95. The van der Waals surface area contributed by atoms with E-state index in [1.165, 1.54) is 0 Å². The Hall–Kier alpha value is -2.85. The second-order valence-corrected chi connectivity index (χ2v) is 6.33. The van der Waals surface area contributed by atoms with Crippen molar-refractivity contribution in [1.82, 2.24) is 10.3 Å². The molecular weight excluding hydrogens is 336 g/mol. The molecule has 25 heavy (non-hydrogen) atoms. The van der Waals surface area contributed by atoms with Gasteiger partial charge in [0.2, 0.25) is 11.6 Å². The highest BCUT2D eigenvalue weighted by Crippen LogP contribution is 2.27. The highest BCUT2D eigenvalue weighted by Gasteiger charge is 2.30. The fourth-order valence-corrected chi connectivity index (χ4v) is 3.35. The van der Waals surface area contributed by atoms with E-state index in [4.69, 9.17) is 11.6 Å². The molecule has 0 radical (unpaired) electrons. The molecule has 0 bridgehead atoms. The summed E-state index contributed by atoms with van der Waals surface area (Å²) in [6.07, 6.45) is 0.686. The molecule has 2 N–H and O–H groups in total. The minimum Gasteiger partial charge on any atom is -0.380 e. The molecule has 0 atom stereocenters. The molecule has 124 valence electrons. The number of H-pyrrole nitrogens is 1. The third kappa shape index (κ3) is 2.75. The monoisotopic (exact) mass is 350 g/mol. The number of para-hydroxylation sites is 1. The van der Waals surface area contributed by atoms with Gasteiger partial charge in [0.1, 0.15) is 10.7 Å². The number of aromatic amines is 1. The second kappa shape index (κ2) is 6.22. The number of Topliss-reactive ketones (excluding diaryl/α,β-unsaturated/α-hetero) is 2. The summed E-state index contributed by atoms with van der Waals surface area (Å²) in [5.41, 5.74) is 3.07. The Morgan fingerprint density at radius 2 is 1.60 bits per heavy atom. The van der Waals surface area contributed by atoms with E-state index in [1.54, 1.807) is 24.3 Å². The maximum Gasteiger partial charge on any atom is 0.211 e. The number of benzene rings is 2. The van der Waals surface area contributed by atoms with Gasteiger partial charge in [0.25, 0.3) is 0 Å². The lowest BCUT2D eigenvalue weighted by Gasteiger charge is -2.18. The fourth-order valence-electron chi connectivity index (χ4n) is 3.09. The maximum absolute atomic E-state index is 12.6. The molecule has 1 aliphatic carbocycles. The van der Waals surface area contributed by atoms with Crippen molar-refractivity contribution in [2.75, 3.05) is 6.54 Å². The van der Waals surface area contributed by atoms with Crippen molar-refractivity contribution in [3.05, 3.63) is 82.1 Å². The lowest BCUT2D eigenvalue weighted by Crippen LogP contribution is -2.30. The highest BCUT2D eigenvalue weighted by atomic mass is 35.5. The summed E-state index contributed by atoms with van der Waals surface area (Å²) < 4.78 is 0. The number of carbonyl (C=O) groups is 2. The van der Waals surface area contributed by atoms with Crippen molar-refractivity contribution in [1.29, 1.82) is 0 Å². The summed E-state index contributed by atoms with van der Waals surface area (Å²) in [7, 11) is 0. The van der Waals surface area contributed by atoms with Crippen LogP contribution in [0.5, 0.6) is 0 Å². The van der Waals surface area contributed by atoms with Crippen molar-refractivity contribution in [3.8, 4) is 0 Å². The van der Waals surface area contributed by atoms with Crippen LogP contribution >= 0.6 is 11.6 Å². The fraction of sp³-hybridized carbons (Fsp3) is 0.100. The first-order valence-corrected chi connectivity index (χ1v) is 8.41. The van der Waals surface area contributed by atoms with E-state index in [-0.39, 0.29) is 22.3 Å². The summed E-state index contributed by atoms with van der Waals surface area (Å²) in [6.45, 7) is 0.500. The van der Waals surface area contributed by atoms with Crippen LogP contribution in [0.25, 0.3) is 10.9 Å². The minimum atomic E-state index is -0.315. The Kier molecular flexibility index (Phi) is 3.90. The van der Waals surface area contributed by atoms with Crippen molar-refractivity contribution in [3.63, 3.8) is 0 Å². The number of rotatable bonds is 4. The summed E-state index contributed by atoms with van der Waals surface area (Å²) in [4.78, 5) is 28.3. The van der Waals surface area contributed by atoms with E-state index in [9.17, 15) is 9.59 Å². The molecule has 0 saturated heterocycles. The van der Waals surface area contributed by atoms with E-state index in [0.717, 1.165) is 16.6 Å². The molecule has 1 aromatic heterocycles. The Bertz CT molecular complexity index is 1000. The van der Waals surface area contributed by atoms with E-state index in [0.29, 0.717) is 24.1 Å². The third-order valence-electron chi connectivity index (χ3n) is 4.34. The van der Waals surface area contributed by atoms with Crippen LogP contribution in [0, 0.1) is 0 Å². The van der Waals surface area contributed by atoms with Crippen LogP contribution in [0.3, 0.4) is 0 Å². The number of carbonyl (C=O) groups excluding carboxylic acids is 2. The molecule has 1 heterocycles. The Labute approximate surface area is 149 Å². The minimum absolute atomic E-state index is 0.0413. The van der Waals surface area contributed by atoms with Crippen LogP contribution in [0.4, 0.5) is 0 Å². The molecule has 0 amide bonds. The van der Waals surface area contributed by atoms with Gasteiger partial charge in [-0.25, -0.2) is 0 Å². The van der Waals surface area contributed by atoms with Gasteiger partial charge in [-0.3, -0.25) is 9.59 Å². The van der Waals surface area contributed by atoms with Crippen LogP contribution in [0.1, 0.15) is 26.4 Å². The molecule has 0 fully saturated rings. The molecule has 5 heteroatoms. The molecule has 4 rings (SSSR count). The molecule has 2 aromatic carbocycles. The number of nitrogens with one attached hydrogen (secondary N) is 2. The first kappa shape index (κ1) is 15.7. The zero-order chi connectivity index (χ0) is 17.4. The van der Waals surface area contributed by atoms with Gasteiger partial charge < -0.3 is 10.3 Å². The smallest absolute Gasteiger partial charge is 0.211 e. The number of hydrogen-bond acceptors (Lipinski definition) is 3. The van der Waals surface area contributed by atoms with Crippen LogP contribution in [-0.2, 0) is 6.42 Å².